The molecule has 1 fully saturated rings. The van der Waals surface area contributed by atoms with Gasteiger partial charge in [-0.05, 0) is 88.9 Å². The van der Waals surface area contributed by atoms with E-state index in [-0.39, 0.29) is 5.91 Å². The molecule has 1 aliphatic carbocycles. The maximum atomic E-state index is 13.4. The van der Waals surface area contributed by atoms with Crippen molar-refractivity contribution in [2.75, 3.05) is 45.9 Å². The third-order valence-electron chi connectivity index (χ3n) is 8.90. The lowest BCUT2D eigenvalue weighted by molar-refractivity contribution is 0.0950. The lowest BCUT2D eigenvalue weighted by Gasteiger charge is -2.41. The number of carbonyl (C=O) groups excluding carboxylic acids is 1. The standard InChI is InChI=1S/C34H48ClN5O4/c1-8-40(28-14-12-27(13-15-28)38(4)22-25-10-9-11-29(18-25)44-17-16-42-6)32-20-26(35)19-30(23(32)2)33(41)36-21-31-24(3)39(5)37-34(31)43-7/h9-11,18-20,27-28H,8,12-17,21-22H2,1-7H3,(H,36,41). The van der Waals surface area contributed by atoms with Crippen LogP contribution in [-0.2, 0) is 24.9 Å². The fourth-order valence-corrected chi connectivity index (χ4v) is 6.49. The van der Waals surface area contributed by atoms with Crippen LogP contribution in [0.1, 0.15) is 65.3 Å². The summed E-state index contributed by atoms with van der Waals surface area (Å²) in [6.07, 6.45) is 4.38. The number of hydrogen-bond donors (Lipinski definition) is 1. The second kappa shape index (κ2) is 15.6. The number of benzene rings is 2. The van der Waals surface area contributed by atoms with Gasteiger partial charge in [0.1, 0.15) is 12.4 Å². The minimum Gasteiger partial charge on any atom is -0.491 e. The minimum absolute atomic E-state index is 0.161. The number of hydrogen-bond acceptors (Lipinski definition) is 7. The van der Waals surface area contributed by atoms with Crippen molar-refractivity contribution in [2.24, 2.45) is 7.05 Å². The van der Waals surface area contributed by atoms with Gasteiger partial charge in [0.25, 0.3) is 5.91 Å². The van der Waals surface area contributed by atoms with E-state index in [1.807, 2.05) is 33.0 Å². The number of carbonyl (C=O) groups is 1. The highest BCUT2D eigenvalue weighted by molar-refractivity contribution is 6.31. The molecule has 4 rings (SSSR count). The van der Waals surface area contributed by atoms with Crippen molar-refractivity contribution in [1.29, 1.82) is 0 Å². The number of halogens is 1. The Morgan fingerprint density at radius 2 is 1.82 bits per heavy atom. The molecule has 0 bridgehead atoms. The van der Waals surface area contributed by atoms with Crippen LogP contribution in [0.25, 0.3) is 0 Å². The van der Waals surface area contributed by atoms with Crippen LogP contribution >= 0.6 is 11.6 Å². The average Bonchev–Trinajstić information content (AvgIpc) is 3.30. The predicted molar refractivity (Wildman–Crippen MR) is 176 cm³/mol. The van der Waals surface area contributed by atoms with Crippen LogP contribution in [0.2, 0.25) is 5.02 Å². The average molecular weight is 626 g/mol. The Hall–Kier alpha value is -3.27. The van der Waals surface area contributed by atoms with Gasteiger partial charge in [-0.15, -0.1) is 5.10 Å². The van der Waals surface area contributed by atoms with Crippen LogP contribution < -0.4 is 19.7 Å². The molecule has 1 heterocycles. The lowest BCUT2D eigenvalue weighted by Crippen LogP contribution is -2.43. The van der Waals surface area contributed by atoms with E-state index in [1.54, 1.807) is 25.0 Å². The summed E-state index contributed by atoms with van der Waals surface area (Å²) in [6.45, 7) is 9.33. The van der Waals surface area contributed by atoms with Gasteiger partial charge in [0, 0.05) is 61.3 Å². The quantitative estimate of drug-likeness (QED) is 0.223. The Balaban J connectivity index is 1.39. The van der Waals surface area contributed by atoms with Crippen LogP contribution in [0.15, 0.2) is 36.4 Å². The summed E-state index contributed by atoms with van der Waals surface area (Å²) >= 11 is 6.63. The summed E-state index contributed by atoms with van der Waals surface area (Å²) in [5.74, 6) is 1.24. The van der Waals surface area contributed by atoms with Gasteiger partial charge in [0.15, 0.2) is 0 Å². The Morgan fingerprint density at radius 1 is 1.09 bits per heavy atom. The fourth-order valence-electron chi connectivity index (χ4n) is 6.28. The van der Waals surface area contributed by atoms with E-state index in [1.165, 1.54) is 5.56 Å². The molecule has 240 valence electrons. The molecule has 3 aromatic rings. The van der Waals surface area contributed by atoms with Gasteiger partial charge in [0.05, 0.1) is 25.8 Å². The maximum absolute atomic E-state index is 13.4. The first-order chi connectivity index (χ1) is 21.2. The SMILES string of the molecule is CCN(c1cc(Cl)cc(C(=O)NCc2c(OC)nn(C)c2C)c1C)C1CCC(N(C)Cc2cccc(OCCOC)c2)CC1. The van der Waals surface area contributed by atoms with Crippen LogP contribution in [-0.4, -0.2) is 73.7 Å². The molecular weight excluding hydrogens is 578 g/mol. The predicted octanol–water partition coefficient (Wildman–Crippen LogP) is 5.92. The number of methoxy groups -OCH3 is 2. The highest BCUT2D eigenvalue weighted by Crippen LogP contribution is 2.35. The van der Waals surface area contributed by atoms with E-state index in [0.717, 1.165) is 67.0 Å². The molecule has 44 heavy (non-hydrogen) atoms. The molecule has 9 nitrogen and oxygen atoms in total. The number of aryl methyl sites for hydroxylation is 1. The number of nitrogens with one attached hydrogen (secondary N) is 1. The van der Waals surface area contributed by atoms with E-state index < -0.39 is 0 Å². The van der Waals surface area contributed by atoms with Crippen LogP contribution in [0.4, 0.5) is 5.69 Å². The zero-order valence-corrected chi connectivity index (χ0v) is 28.0. The smallest absolute Gasteiger partial charge is 0.251 e. The number of amides is 1. The van der Waals surface area contributed by atoms with E-state index >= 15 is 0 Å². The number of ether oxygens (including phenoxy) is 3. The van der Waals surface area contributed by atoms with E-state index in [0.29, 0.717) is 48.3 Å². The first-order valence-corrected chi connectivity index (χ1v) is 15.9. The molecule has 0 atom stereocenters. The summed E-state index contributed by atoms with van der Waals surface area (Å²) in [4.78, 5) is 18.3. The number of aromatic nitrogens is 2. The first kappa shape index (κ1) is 33.6. The van der Waals surface area contributed by atoms with E-state index in [4.69, 9.17) is 25.8 Å². The molecule has 0 unspecified atom stereocenters. The number of nitrogens with zero attached hydrogens (tertiary/aromatic N) is 4. The van der Waals surface area contributed by atoms with Crippen molar-refractivity contribution in [3.05, 3.63) is 69.4 Å². The second-order valence-corrected chi connectivity index (χ2v) is 12.1. The molecular formula is C34H48ClN5O4. The Morgan fingerprint density at radius 3 is 2.50 bits per heavy atom. The number of rotatable bonds is 14. The van der Waals surface area contributed by atoms with Gasteiger partial charge in [-0.2, -0.15) is 0 Å². The normalized spacial score (nSPS) is 16.7. The summed E-state index contributed by atoms with van der Waals surface area (Å²) in [6, 6.07) is 13.0. The summed E-state index contributed by atoms with van der Waals surface area (Å²) < 4.78 is 18.1. The summed E-state index contributed by atoms with van der Waals surface area (Å²) in [7, 11) is 7.35. The van der Waals surface area contributed by atoms with E-state index in [2.05, 4.69) is 52.4 Å². The van der Waals surface area contributed by atoms with Crippen LogP contribution in [0, 0.1) is 13.8 Å². The molecule has 2 aromatic carbocycles. The number of anilines is 1. The third-order valence-corrected chi connectivity index (χ3v) is 9.12. The van der Waals surface area contributed by atoms with E-state index in [9.17, 15) is 4.79 Å². The van der Waals surface area contributed by atoms with Crippen molar-refractivity contribution in [1.82, 2.24) is 20.0 Å². The fraction of sp³-hybridized carbons (Fsp3) is 0.529. The largest absolute Gasteiger partial charge is 0.491 e. The molecule has 1 amide bonds. The summed E-state index contributed by atoms with van der Waals surface area (Å²) in [5, 5.41) is 7.99. The van der Waals surface area contributed by atoms with Crippen molar-refractivity contribution in [3.8, 4) is 11.6 Å². The lowest BCUT2D eigenvalue weighted by atomic mass is 9.88. The van der Waals surface area contributed by atoms with Gasteiger partial charge >= 0.3 is 0 Å². The van der Waals surface area contributed by atoms with Crippen molar-refractivity contribution in [3.63, 3.8) is 0 Å². The molecule has 10 heteroatoms. The highest BCUT2D eigenvalue weighted by Gasteiger charge is 2.29. The topological polar surface area (TPSA) is 81.1 Å². The van der Waals surface area contributed by atoms with Crippen LogP contribution in [0.3, 0.4) is 0 Å². The molecule has 1 aromatic heterocycles. The van der Waals surface area contributed by atoms with Crippen molar-refractivity contribution < 1.29 is 19.0 Å². The molecule has 0 aliphatic heterocycles. The Labute approximate surface area is 267 Å². The zero-order chi connectivity index (χ0) is 31.8. The molecule has 0 radical (unpaired) electrons. The highest BCUT2D eigenvalue weighted by atomic mass is 35.5. The molecule has 1 saturated carbocycles. The Bertz CT molecular complexity index is 1400. The monoisotopic (exact) mass is 625 g/mol. The van der Waals surface area contributed by atoms with Crippen LogP contribution in [0.5, 0.6) is 11.6 Å². The summed E-state index contributed by atoms with van der Waals surface area (Å²) in [5.41, 5.74) is 5.62. The molecule has 1 aliphatic rings. The van der Waals surface area contributed by atoms with Gasteiger partial charge in [-0.1, -0.05) is 23.7 Å². The van der Waals surface area contributed by atoms with Gasteiger partial charge < -0.3 is 24.4 Å². The molecule has 0 saturated heterocycles. The minimum atomic E-state index is -0.161. The second-order valence-electron chi connectivity index (χ2n) is 11.6. The zero-order valence-electron chi connectivity index (χ0n) is 27.3. The van der Waals surface area contributed by atoms with Gasteiger partial charge in [-0.25, -0.2) is 0 Å². The molecule has 0 spiro atoms. The van der Waals surface area contributed by atoms with Gasteiger partial charge in [-0.3, -0.25) is 14.4 Å². The van der Waals surface area contributed by atoms with Crippen molar-refractivity contribution in [2.45, 2.75) is 71.6 Å². The van der Waals surface area contributed by atoms with Crippen molar-refractivity contribution >= 4 is 23.2 Å². The first-order valence-electron chi connectivity index (χ1n) is 15.5. The molecule has 1 N–H and O–H groups in total. The maximum Gasteiger partial charge on any atom is 0.251 e. The third kappa shape index (κ3) is 8.06. The van der Waals surface area contributed by atoms with Gasteiger partial charge in [0.2, 0.25) is 5.88 Å². The Kier molecular flexibility index (Phi) is 11.9.